The van der Waals surface area contributed by atoms with E-state index in [9.17, 15) is 14.0 Å². The summed E-state index contributed by atoms with van der Waals surface area (Å²) in [5.41, 5.74) is 5.49. The van der Waals surface area contributed by atoms with Gasteiger partial charge in [-0.25, -0.2) is 4.39 Å². The Hall–Kier alpha value is -3.94. The van der Waals surface area contributed by atoms with Crippen LogP contribution in [0.1, 0.15) is 29.4 Å². The molecular weight excluding hydrogens is 435 g/mol. The van der Waals surface area contributed by atoms with E-state index < -0.39 is 5.82 Å². The largest absolute Gasteiger partial charge is 0.494 e. The molecule has 0 saturated carbocycles. The number of nitrogens with one attached hydrogen (secondary N) is 2. The fourth-order valence-electron chi connectivity index (χ4n) is 4.67. The van der Waals surface area contributed by atoms with Gasteiger partial charge in [0.05, 0.1) is 37.1 Å². The number of benzene rings is 2. The zero-order chi connectivity index (χ0) is 23.8. The molecule has 5 rings (SSSR count). The average molecular weight is 461 g/mol. The number of aromatic amines is 1. The van der Waals surface area contributed by atoms with Crippen LogP contribution in [0.5, 0.6) is 5.75 Å². The maximum atomic E-state index is 14.3. The molecule has 0 saturated heterocycles. The molecule has 2 aromatic heterocycles. The second-order valence-electron chi connectivity index (χ2n) is 8.53. The van der Waals surface area contributed by atoms with Crippen molar-refractivity contribution in [3.63, 3.8) is 0 Å². The fraction of sp³-hybridized carbons (Fsp3) is 0.269. The number of ether oxygens (including phenoxy) is 1. The summed E-state index contributed by atoms with van der Waals surface area (Å²) >= 11 is 0. The number of amides is 2. The molecule has 0 radical (unpaired) electrons. The Labute approximate surface area is 195 Å². The minimum absolute atomic E-state index is 0.0298. The van der Waals surface area contributed by atoms with E-state index in [1.54, 1.807) is 11.0 Å². The summed E-state index contributed by atoms with van der Waals surface area (Å²) in [6.07, 6.45) is 1.10. The monoisotopic (exact) mass is 460 g/mol. The Bertz CT molecular complexity index is 1430. The van der Waals surface area contributed by atoms with Crippen molar-refractivity contribution in [1.29, 1.82) is 0 Å². The fourth-order valence-corrected chi connectivity index (χ4v) is 4.67. The Morgan fingerprint density at radius 2 is 2.06 bits per heavy atom. The second kappa shape index (κ2) is 8.78. The van der Waals surface area contributed by atoms with Gasteiger partial charge in [0, 0.05) is 36.2 Å². The van der Waals surface area contributed by atoms with Gasteiger partial charge in [-0.3, -0.25) is 14.6 Å². The molecule has 34 heavy (non-hydrogen) atoms. The first-order chi connectivity index (χ1) is 16.4. The molecule has 3 heterocycles. The highest BCUT2D eigenvalue weighted by Crippen LogP contribution is 2.35. The highest BCUT2D eigenvalue weighted by atomic mass is 19.1. The smallest absolute Gasteiger partial charge is 0.242 e. The summed E-state index contributed by atoms with van der Waals surface area (Å²) in [7, 11) is 1.44. The lowest BCUT2D eigenvalue weighted by atomic mass is 9.96. The van der Waals surface area contributed by atoms with Crippen LogP contribution >= 0.6 is 0 Å². The number of rotatable bonds is 5. The van der Waals surface area contributed by atoms with Crippen molar-refractivity contribution in [2.75, 3.05) is 20.2 Å². The van der Waals surface area contributed by atoms with Crippen LogP contribution in [0, 0.1) is 5.82 Å². The van der Waals surface area contributed by atoms with Crippen molar-refractivity contribution in [3.05, 3.63) is 70.8 Å². The molecule has 2 amide bonds. The lowest BCUT2D eigenvalue weighted by Crippen LogP contribution is -2.42. The minimum Gasteiger partial charge on any atom is -0.494 e. The molecule has 0 bridgehead atoms. The van der Waals surface area contributed by atoms with E-state index in [0.29, 0.717) is 25.9 Å². The third-order valence-electron chi connectivity index (χ3n) is 6.32. The number of fused-ring (bicyclic) bond motifs is 5. The first kappa shape index (κ1) is 21.9. The summed E-state index contributed by atoms with van der Waals surface area (Å²) in [5.74, 6) is -0.592. The molecule has 0 fully saturated rings. The molecule has 0 aliphatic carbocycles. The van der Waals surface area contributed by atoms with Crippen LogP contribution in [0.3, 0.4) is 0 Å². The van der Waals surface area contributed by atoms with Crippen LogP contribution in [-0.2, 0) is 29.0 Å². The molecule has 7 nitrogen and oxygen atoms in total. The van der Waals surface area contributed by atoms with Gasteiger partial charge in [-0.1, -0.05) is 24.3 Å². The van der Waals surface area contributed by atoms with Crippen LogP contribution in [0.2, 0.25) is 0 Å². The lowest BCUT2D eigenvalue weighted by molar-refractivity contribution is -0.133. The van der Waals surface area contributed by atoms with E-state index in [4.69, 9.17) is 9.72 Å². The quantitative estimate of drug-likeness (QED) is 0.478. The lowest BCUT2D eigenvalue weighted by Gasteiger charge is -2.29. The van der Waals surface area contributed by atoms with Gasteiger partial charge in [-0.2, -0.15) is 0 Å². The SMILES string of the molecule is COc1ccc(Cc2nc3c(c4c2[nH]c2ccccc24)CCN(C(=O)CNC(C)=O)C3)cc1F. The molecular formula is C26H25FN4O3. The molecule has 174 valence electrons. The van der Waals surface area contributed by atoms with E-state index in [1.165, 1.54) is 20.1 Å². The van der Waals surface area contributed by atoms with Crippen molar-refractivity contribution in [2.24, 2.45) is 0 Å². The van der Waals surface area contributed by atoms with Gasteiger partial charge in [0.25, 0.3) is 0 Å². The standard InChI is InChI=1S/C26H25FN4O3/c1-15(32)28-13-24(33)31-10-9-18-22(14-31)29-21(12-16-7-8-23(34-2)19(27)11-16)26-25(18)17-5-3-4-6-20(17)30-26/h3-8,11,30H,9-10,12-14H2,1-2H3,(H,28,32). The minimum atomic E-state index is -0.416. The predicted octanol–water partition coefficient (Wildman–Crippen LogP) is 3.48. The zero-order valence-electron chi connectivity index (χ0n) is 19.1. The van der Waals surface area contributed by atoms with E-state index in [-0.39, 0.29) is 24.1 Å². The predicted molar refractivity (Wildman–Crippen MR) is 127 cm³/mol. The maximum absolute atomic E-state index is 14.3. The van der Waals surface area contributed by atoms with Crippen LogP contribution in [0.4, 0.5) is 4.39 Å². The number of pyridine rings is 1. The topological polar surface area (TPSA) is 87.3 Å². The molecule has 0 unspecified atom stereocenters. The first-order valence-corrected chi connectivity index (χ1v) is 11.2. The van der Waals surface area contributed by atoms with Gasteiger partial charge in [-0.15, -0.1) is 0 Å². The average Bonchev–Trinajstić information content (AvgIpc) is 3.22. The number of hydrogen-bond donors (Lipinski definition) is 2. The molecule has 4 aromatic rings. The van der Waals surface area contributed by atoms with Gasteiger partial charge < -0.3 is 19.9 Å². The van der Waals surface area contributed by atoms with Gasteiger partial charge >= 0.3 is 0 Å². The molecule has 2 N–H and O–H groups in total. The first-order valence-electron chi connectivity index (χ1n) is 11.2. The van der Waals surface area contributed by atoms with Crippen molar-refractivity contribution in [1.82, 2.24) is 20.2 Å². The van der Waals surface area contributed by atoms with E-state index >= 15 is 0 Å². The molecule has 1 aliphatic heterocycles. The van der Waals surface area contributed by atoms with Crippen LogP contribution in [0.15, 0.2) is 42.5 Å². The third kappa shape index (κ3) is 3.96. The van der Waals surface area contributed by atoms with Crippen molar-refractivity contribution < 1.29 is 18.7 Å². The Morgan fingerprint density at radius 1 is 1.24 bits per heavy atom. The Kier molecular flexibility index (Phi) is 5.65. The number of methoxy groups -OCH3 is 1. The van der Waals surface area contributed by atoms with Gasteiger partial charge in [0.1, 0.15) is 0 Å². The maximum Gasteiger partial charge on any atom is 0.242 e. The third-order valence-corrected chi connectivity index (χ3v) is 6.32. The van der Waals surface area contributed by atoms with Crippen molar-refractivity contribution in [3.8, 4) is 5.75 Å². The van der Waals surface area contributed by atoms with Gasteiger partial charge in [0.2, 0.25) is 11.8 Å². The Morgan fingerprint density at radius 3 is 2.82 bits per heavy atom. The van der Waals surface area contributed by atoms with E-state index in [2.05, 4.69) is 16.4 Å². The van der Waals surface area contributed by atoms with E-state index in [1.807, 2.05) is 24.3 Å². The second-order valence-corrected chi connectivity index (χ2v) is 8.53. The van der Waals surface area contributed by atoms with Crippen LogP contribution in [-0.4, -0.2) is 46.9 Å². The van der Waals surface area contributed by atoms with Gasteiger partial charge in [0.15, 0.2) is 11.6 Å². The zero-order valence-corrected chi connectivity index (χ0v) is 19.1. The summed E-state index contributed by atoms with van der Waals surface area (Å²) in [6, 6.07) is 13.0. The molecule has 1 aliphatic rings. The van der Waals surface area contributed by atoms with Crippen molar-refractivity contribution in [2.45, 2.75) is 26.3 Å². The number of hydrogen-bond acceptors (Lipinski definition) is 4. The van der Waals surface area contributed by atoms with Crippen LogP contribution in [0.25, 0.3) is 21.8 Å². The normalized spacial score (nSPS) is 13.2. The summed E-state index contributed by atoms with van der Waals surface area (Å²) in [5, 5.41) is 4.79. The highest BCUT2D eigenvalue weighted by Gasteiger charge is 2.26. The molecule has 2 aromatic carbocycles. The Balaban J connectivity index is 1.58. The molecule has 8 heteroatoms. The molecule has 0 spiro atoms. The number of H-pyrrole nitrogens is 1. The summed E-state index contributed by atoms with van der Waals surface area (Å²) < 4.78 is 19.4. The number of nitrogens with zero attached hydrogens (tertiary/aromatic N) is 2. The van der Waals surface area contributed by atoms with Crippen molar-refractivity contribution >= 4 is 33.6 Å². The number of carbonyl (C=O) groups excluding carboxylic acids is 2. The summed E-state index contributed by atoms with van der Waals surface area (Å²) in [4.78, 5) is 34.1. The summed E-state index contributed by atoms with van der Waals surface area (Å²) in [6.45, 7) is 2.29. The number of carbonyl (C=O) groups is 2. The number of para-hydroxylation sites is 1. The van der Waals surface area contributed by atoms with Crippen LogP contribution < -0.4 is 10.1 Å². The molecule has 0 atom stereocenters. The highest BCUT2D eigenvalue weighted by molar-refractivity contribution is 6.10. The van der Waals surface area contributed by atoms with E-state index in [0.717, 1.165) is 44.3 Å². The van der Waals surface area contributed by atoms with Gasteiger partial charge in [-0.05, 0) is 35.7 Å². The number of halogens is 1. The number of aromatic nitrogens is 2.